The summed E-state index contributed by atoms with van der Waals surface area (Å²) in [4.78, 5) is 38.0. The Morgan fingerprint density at radius 1 is 1.13 bits per heavy atom. The van der Waals surface area contributed by atoms with E-state index < -0.39 is 5.97 Å². The second-order valence-electron chi connectivity index (χ2n) is 6.60. The summed E-state index contributed by atoms with van der Waals surface area (Å²) in [6.45, 7) is 3.86. The summed E-state index contributed by atoms with van der Waals surface area (Å²) in [5, 5.41) is 3.01. The first-order chi connectivity index (χ1) is 14.3. The monoisotopic (exact) mass is 432 g/mol. The Morgan fingerprint density at radius 3 is 2.50 bits per heavy atom. The number of carbonyl (C=O) groups is 3. The number of anilines is 1. The molecule has 2 amide bonds. The van der Waals surface area contributed by atoms with Crippen LogP contribution in [0.3, 0.4) is 0 Å². The fraction of sp³-hybridized carbons (Fsp3) is 0.318. The smallest absolute Gasteiger partial charge is 0.337 e. The van der Waals surface area contributed by atoms with Crippen LogP contribution >= 0.6 is 11.6 Å². The number of ether oxygens (including phenoxy) is 2. The first kappa shape index (κ1) is 23.2. The zero-order valence-electron chi connectivity index (χ0n) is 17.2. The molecule has 0 saturated carbocycles. The number of rotatable bonds is 9. The second-order valence-corrected chi connectivity index (χ2v) is 7.01. The summed E-state index contributed by atoms with van der Waals surface area (Å²) in [5.41, 5.74) is 1.93. The van der Waals surface area contributed by atoms with Gasteiger partial charge < -0.3 is 19.7 Å². The van der Waals surface area contributed by atoms with Crippen LogP contribution in [-0.2, 0) is 14.3 Å². The maximum absolute atomic E-state index is 12.6. The molecule has 0 aliphatic heterocycles. The highest BCUT2D eigenvalue weighted by atomic mass is 35.5. The van der Waals surface area contributed by atoms with E-state index in [1.165, 1.54) is 30.2 Å². The molecule has 2 aromatic rings. The van der Waals surface area contributed by atoms with Gasteiger partial charge in [0.1, 0.15) is 5.75 Å². The number of nitrogens with zero attached hydrogens (tertiary/aromatic N) is 1. The predicted octanol–water partition coefficient (Wildman–Crippen LogP) is 3.69. The molecule has 1 N–H and O–H groups in total. The molecule has 0 heterocycles. The van der Waals surface area contributed by atoms with E-state index in [0.717, 1.165) is 5.56 Å². The Labute approximate surface area is 180 Å². The van der Waals surface area contributed by atoms with Gasteiger partial charge in [0.2, 0.25) is 5.91 Å². The summed E-state index contributed by atoms with van der Waals surface area (Å²) >= 11 is 6.12. The summed E-state index contributed by atoms with van der Waals surface area (Å²) in [5.74, 6) is -0.886. The van der Waals surface area contributed by atoms with Gasteiger partial charge in [0.05, 0.1) is 24.2 Å². The van der Waals surface area contributed by atoms with Crippen molar-refractivity contribution in [2.24, 2.45) is 0 Å². The average molecular weight is 433 g/mol. The highest BCUT2D eigenvalue weighted by molar-refractivity contribution is 6.32. The van der Waals surface area contributed by atoms with Gasteiger partial charge in [-0.15, -0.1) is 0 Å². The topological polar surface area (TPSA) is 84.9 Å². The van der Waals surface area contributed by atoms with Crippen molar-refractivity contribution >= 4 is 35.1 Å². The standard InChI is InChI=1S/C22H25ClN2O5/c1-4-11-25(13-20(26)24-18-8-6-5-7-15(18)2)21(27)14-30-19-10-9-16(12-17(19)23)22(28)29-3/h5-10,12H,4,11,13-14H2,1-3H3,(H,24,26). The summed E-state index contributed by atoms with van der Waals surface area (Å²) < 4.78 is 10.1. The van der Waals surface area contributed by atoms with Crippen molar-refractivity contribution in [3.05, 3.63) is 58.6 Å². The molecule has 0 aliphatic carbocycles. The van der Waals surface area contributed by atoms with Crippen molar-refractivity contribution in [1.29, 1.82) is 0 Å². The van der Waals surface area contributed by atoms with Gasteiger partial charge in [-0.25, -0.2) is 4.79 Å². The molecule has 0 aliphatic rings. The Morgan fingerprint density at radius 2 is 1.87 bits per heavy atom. The van der Waals surface area contributed by atoms with Gasteiger partial charge >= 0.3 is 5.97 Å². The first-order valence-corrected chi connectivity index (χ1v) is 9.87. The van der Waals surface area contributed by atoms with Crippen LogP contribution in [0.25, 0.3) is 0 Å². The normalized spacial score (nSPS) is 10.3. The van der Waals surface area contributed by atoms with Gasteiger partial charge in [-0.05, 0) is 43.2 Å². The van der Waals surface area contributed by atoms with Gasteiger partial charge in [-0.1, -0.05) is 36.7 Å². The van der Waals surface area contributed by atoms with Crippen molar-refractivity contribution in [2.75, 3.05) is 32.1 Å². The fourth-order valence-corrected chi connectivity index (χ4v) is 2.97. The summed E-state index contributed by atoms with van der Waals surface area (Å²) in [7, 11) is 1.27. The van der Waals surface area contributed by atoms with Crippen molar-refractivity contribution in [3.63, 3.8) is 0 Å². The third kappa shape index (κ3) is 6.49. The lowest BCUT2D eigenvalue weighted by Gasteiger charge is -2.22. The van der Waals surface area contributed by atoms with E-state index in [0.29, 0.717) is 18.7 Å². The van der Waals surface area contributed by atoms with Crippen molar-refractivity contribution in [2.45, 2.75) is 20.3 Å². The molecule has 0 saturated heterocycles. The molecule has 160 valence electrons. The van der Waals surface area contributed by atoms with Gasteiger partial charge in [0.15, 0.2) is 6.61 Å². The molecule has 0 unspecified atom stereocenters. The molecule has 2 aromatic carbocycles. The minimum absolute atomic E-state index is 0.0840. The molecular formula is C22H25ClN2O5. The molecule has 8 heteroatoms. The van der Waals surface area contributed by atoms with Crippen molar-refractivity contribution in [1.82, 2.24) is 4.90 Å². The molecule has 7 nitrogen and oxygen atoms in total. The minimum Gasteiger partial charge on any atom is -0.482 e. The molecule has 0 atom stereocenters. The number of hydrogen-bond acceptors (Lipinski definition) is 5. The number of benzene rings is 2. The molecule has 30 heavy (non-hydrogen) atoms. The van der Waals surface area contributed by atoms with Gasteiger partial charge in [-0.3, -0.25) is 9.59 Å². The number of esters is 1. The van der Waals surface area contributed by atoms with Gasteiger partial charge in [0.25, 0.3) is 5.91 Å². The Hall–Kier alpha value is -3.06. The van der Waals surface area contributed by atoms with E-state index in [-0.39, 0.29) is 41.3 Å². The van der Waals surface area contributed by atoms with Gasteiger partial charge in [0, 0.05) is 12.2 Å². The molecule has 0 radical (unpaired) electrons. The van der Waals surface area contributed by atoms with E-state index in [1.807, 2.05) is 38.1 Å². The molecule has 0 bridgehead atoms. The number of halogens is 1. The van der Waals surface area contributed by atoms with Crippen LogP contribution in [0.15, 0.2) is 42.5 Å². The van der Waals surface area contributed by atoms with Crippen LogP contribution in [0.5, 0.6) is 5.75 Å². The highest BCUT2D eigenvalue weighted by Crippen LogP contribution is 2.26. The van der Waals surface area contributed by atoms with E-state index in [2.05, 4.69) is 10.1 Å². The number of nitrogens with one attached hydrogen (secondary N) is 1. The maximum Gasteiger partial charge on any atom is 0.337 e. The van der Waals surface area contributed by atoms with Crippen molar-refractivity contribution in [3.8, 4) is 5.75 Å². The van der Waals surface area contributed by atoms with Crippen LogP contribution in [0.1, 0.15) is 29.3 Å². The number of hydrogen-bond donors (Lipinski definition) is 1. The third-order valence-corrected chi connectivity index (χ3v) is 4.60. The number of methoxy groups -OCH3 is 1. The first-order valence-electron chi connectivity index (χ1n) is 9.49. The predicted molar refractivity (Wildman–Crippen MR) is 115 cm³/mol. The van der Waals surface area contributed by atoms with E-state index in [4.69, 9.17) is 16.3 Å². The van der Waals surface area contributed by atoms with Crippen LogP contribution in [0, 0.1) is 6.92 Å². The van der Waals surface area contributed by atoms with Crippen LogP contribution < -0.4 is 10.1 Å². The average Bonchev–Trinajstić information content (AvgIpc) is 2.73. The summed E-state index contributed by atoms with van der Waals surface area (Å²) in [6.07, 6.45) is 0.692. The molecule has 0 aromatic heterocycles. The lowest BCUT2D eigenvalue weighted by atomic mass is 10.2. The zero-order valence-corrected chi connectivity index (χ0v) is 18.0. The fourth-order valence-electron chi connectivity index (χ4n) is 2.73. The summed E-state index contributed by atoms with van der Waals surface area (Å²) in [6, 6.07) is 11.8. The van der Waals surface area contributed by atoms with Crippen LogP contribution in [-0.4, -0.2) is 49.5 Å². The second kappa shape index (κ2) is 11.2. The van der Waals surface area contributed by atoms with Crippen molar-refractivity contribution < 1.29 is 23.9 Å². The van der Waals surface area contributed by atoms with E-state index in [9.17, 15) is 14.4 Å². The Kier molecular flexibility index (Phi) is 8.68. The lowest BCUT2D eigenvalue weighted by molar-refractivity contribution is -0.136. The van der Waals surface area contributed by atoms with Crippen LogP contribution in [0.4, 0.5) is 5.69 Å². The highest BCUT2D eigenvalue weighted by Gasteiger charge is 2.18. The minimum atomic E-state index is -0.520. The largest absolute Gasteiger partial charge is 0.482 e. The SMILES string of the molecule is CCCN(CC(=O)Nc1ccccc1C)C(=O)COc1ccc(C(=O)OC)cc1Cl. The van der Waals surface area contributed by atoms with E-state index >= 15 is 0 Å². The van der Waals surface area contributed by atoms with Crippen LogP contribution in [0.2, 0.25) is 5.02 Å². The van der Waals surface area contributed by atoms with Gasteiger partial charge in [-0.2, -0.15) is 0 Å². The zero-order chi connectivity index (χ0) is 22.1. The molecule has 0 spiro atoms. The Bertz CT molecular complexity index is 916. The lowest BCUT2D eigenvalue weighted by Crippen LogP contribution is -2.41. The number of carbonyl (C=O) groups excluding carboxylic acids is 3. The van der Waals surface area contributed by atoms with E-state index in [1.54, 1.807) is 0 Å². The quantitative estimate of drug-likeness (QED) is 0.611. The maximum atomic E-state index is 12.6. The Balaban J connectivity index is 1.97. The number of aryl methyl sites for hydroxylation is 1. The molecular weight excluding hydrogens is 408 g/mol. The third-order valence-electron chi connectivity index (χ3n) is 4.30. The number of amides is 2. The molecule has 2 rings (SSSR count). The molecule has 0 fully saturated rings. The number of para-hydroxylation sites is 1.